The van der Waals surface area contributed by atoms with Gasteiger partial charge in [0.25, 0.3) is 0 Å². The molecule has 0 saturated carbocycles. The second kappa shape index (κ2) is 10.1. The molecule has 1 aliphatic rings. The molecule has 0 bridgehead atoms. The van der Waals surface area contributed by atoms with Gasteiger partial charge in [0, 0.05) is 24.2 Å². The van der Waals surface area contributed by atoms with Crippen molar-refractivity contribution in [3.8, 4) is 6.07 Å². The quantitative estimate of drug-likeness (QED) is 0.800. The van der Waals surface area contributed by atoms with Crippen molar-refractivity contribution in [1.29, 1.82) is 5.26 Å². The zero-order valence-electron chi connectivity index (χ0n) is 16.5. The number of rotatable bonds is 7. The van der Waals surface area contributed by atoms with E-state index in [0.29, 0.717) is 13.0 Å². The van der Waals surface area contributed by atoms with Crippen LogP contribution in [0, 0.1) is 17.2 Å². The van der Waals surface area contributed by atoms with Crippen LogP contribution in [0.2, 0.25) is 0 Å². The van der Waals surface area contributed by atoms with Crippen molar-refractivity contribution < 1.29 is 9.59 Å². The van der Waals surface area contributed by atoms with E-state index >= 15 is 0 Å². The molecule has 1 saturated heterocycles. The van der Waals surface area contributed by atoms with Gasteiger partial charge in [0.1, 0.15) is 0 Å². The number of hydrogen-bond donors (Lipinski definition) is 1. The number of nitriles is 1. The zero-order valence-corrected chi connectivity index (χ0v) is 16.5. The third-order valence-corrected chi connectivity index (χ3v) is 5.02. The minimum Gasteiger partial charge on any atom is -0.354 e. The van der Waals surface area contributed by atoms with Crippen LogP contribution in [0.15, 0.2) is 30.3 Å². The molecule has 146 valence electrons. The molecule has 2 rings (SSSR count). The van der Waals surface area contributed by atoms with Gasteiger partial charge in [-0.15, -0.1) is 0 Å². The van der Waals surface area contributed by atoms with E-state index in [-0.39, 0.29) is 29.8 Å². The lowest BCUT2D eigenvalue weighted by Crippen LogP contribution is -2.51. The number of carbonyl (C=O) groups is 2. The zero-order chi connectivity index (χ0) is 19.8. The predicted octanol–water partition coefficient (Wildman–Crippen LogP) is 2.56. The molecule has 1 aromatic rings. The maximum atomic E-state index is 13.1. The Hall–Kier alpha value is -2.39. The Labute approximate surface area is 162 Å². The summed E-state index contributed by atoms with van der Waals surface area (Å²) in [6.07, 6.45) is 1.82. The van der Waals surface area contributed by atoms with E-state index in [1.807, 2.05) is 51.1 Å². The van der Waals surface area contributed by atoms with Crippen molar-refractivity contribution in [2.45, 2.75) is 52.1 Å². The number of benzene rings is 1. The Balaban J connectivity index is 1.99. The Kier molecular flexibility index (Phi) is 7.81. The fraction of sp³-hybridized carbons (Fsp3) is 0.571. The molecule has 0 spiro atoms. The first-order valence-corrected chi connectivity index (χ1v) is 9.71. The average Bonchev–Trinajstić information content (AvgIpc) is 2.68. The van der Waals surface area contributed by atoms with Gasteiger partial charge >= 0.3 is 0 Å². The van der Waals surface area contributed by atoms with Crippen LogP contribution in [-0.2, 0) is 9.59 Å². The number of likely N-dealkylation sites (tertiary alicyclic amines) is 1. The van der Waals surface area contributed by atoms with Gasteiger partial charge in [0.15, 0.2) is 0 Å². The molecule has 1 fully saturated rings. The number of anilines is 1. The summed E-state index contributed by atoms with van der Waals surface area (Å²) in [5, 5.41) is 11.9. The van der Waals surface area contributed by atoms with E-state index in [1.165, 1.54) is 0 Å². The third kappa shape index (κ3) is 5.80. The fourth-order valence-corrected chi connectivity index (χ4v) is 3.47. The summed E-state index contributed by atoms with van der Waals surface area (Å²) in [5.74, 6) is 0.139. The van der Waals surface area contributed by atoms with Crippen LogP contribution in [-0.4, -0.2) is 48.4 Å². The van der Waals surface area contributed by atoms with Gasteiger partial charge in [-0.25, -0.2) is 0 Å². The summed E-state index contributed by atoms with van der Waals surface area (Å²) in [5.41, 5.74) is 0.816. The number of para-hydroxylation sites is 1. The highest BCUT2D eigenvalue weighted by atomic mass is 16.2. The van der Waals surface area contributed by atoms with E-state index in [1.54, 1.807) is 4.90 Å². The highest BCUT2D eigenvalue weighted by Gasteiger charge is 2.32. The van der Waals surface area contributed by atoms with Crippen LogP contribution >= 0.6 is 0 Å². The Morgan fingerprint density at radius 2 is 1.85 bits per heavy atom. The van der Waals surface area contributed by atoms with Crippen LogP contribution in [0.5, 0.6) is 0 Å². The highest BCUT2D eigenvalue weighted by molar-refractivity contribution is 5.97. The highest BCUT2D eigenvalue weighted by Crippen LogP contribution is 2.22. The minimum atomic E-state index is -0.280. The predicted molar refractivity (Wildman–Crippen MR) is 106 cm³/mol. The molecule has 0 radical (unpaired) electrons. The normalized spacial score (nSPS) is 16.6. The number of piperidine rings is 1. The number of carbonyl (C=O) groups excluding carboxylic acids is 2. The number of hydrogen-bond acceptors (Lipinski definition) is 4. The van der Waals surface area contributed by atoms with Crippen LogP contribution < -0.4 is 10.2 Å². The Morgan fingerprint density at radius 3 is 2.41 bits per heavy atom. The van der Waals surface area contributed by atoms with Gasteiger partial charge in [-0.2, -0.15) is 5.26 Å². The third-order valence-electron chi connectivity index (χ3n) is 5.02. The van der Waals surface area contributed by atoms with Crippen LogP contribution in [0.25, 0.3) is 0 Å². The molecule has 2 amide bonds. The maximum absolute atomic E-state index is 13.1. The summed E-state index contributed by atoms with van der Waals surface area (Å²) in [7, 11) is 0. The molecular formula is C21H30N4O2. The maximum Gasteiger partial charge on any atom is 0.244 e. The van der Waals surface area contributed by atoms with Gasteiger partial charge in [-0.1, -0.05) is 18.2 Å². The molecule has 1 aliphatic heterocycles. The smallest absolute Gasteiger partial charge is 0.244 e. The summed E-state index contributed by atoms with van der Waals surface area (Å²) < 4.78 is 0. The number of nitrogens with one attached hydrogen (secondary N) is 1. The first-order valence-electron chi connectivity index (χ1n) is 9.71. The molecule has 0 aliphatic carbocycles. The summed E-state index contributed by atoms with van der Waals surface area (Å²) in [6, 6.07) is 11.5. The second-order valence-electron chi connectivity index (χ2n) is 7.38. The Bertz CT molecular complexity index is 661. The van der Waals surface area contributed by atoms with Crippen molar-refractivity contribution in [3.05, 3.63) is 30.3 Å². The van der Waals surface area contributed by atoms with Crippen molar-refractivity contribution in [2.24, 2.45) is 5.92 Å². The molecular weight excluding hydrogens is 340 g/mol. The van der Waals surface area contributed by atoms with Crippen molar-refractivity contribution >= 4 is 17.5 Å². The monoisotopic (exact) mass is 370 g/mol. The molecule has 1 aromatic carbocycles. The van der Waals surface area contributed by atoms with E-state index < -0.39 is 0 Å². The second-order valence-corrected chi connectivity index (χ2v) is 7.38. The first-order chi connectivity index (χ1) is 12.9. The largest absolute Gasteiger partial charge is 0.354 e. The SMILES string of the molecule is CC(C)NC(=O)C1CCN(C(C)C(=O)N(CCC#N)c2ccccc2)CC1. The number of amides is 2. The van der Waals surface area contributed by atoms with Crippen molar-refractivity contribution in [1.82, 2.24) is 10.2 Å². The van der Waals surface area contributed by atoms with E-state index in [2.05, 4.69) is 16.3 Å². The van der Waals surface area contributed by atoms with Gasteiger partial charge in [-0.05, 0) is 58.8 Å². The van der Waals surface area contributed by atoms with Crippen LogP contribution in [0.1, 0.15) is 40.0 Å². The summed E-state index contributed by atoms with van der Waals surface area (Å²) in [6.45, 7) is 7.68. The summed E-state index contributed by atoms with van der Waals surface area (Å²) in [4.78, 5) is 29.1. The van der Waals surface area contributed by atoms with Gasteiger partial charge in [0.2, 0.25) is 11.8 Å². The first kappa shape index (κ1) is 20.9. The van der Waals surface area contributed by atoms with Crippen molar-refractivity contribution in [3.63, 3.8) is 0 Å². The lowest BCUT2D eigenvalue weighted by atomic mass is 9.94. The standard InChI is InChI=1S/C21H30N4O2/c1-16(2)23-20(26)18-10-14-24(15-11-18)17(3)21(27)25(13-7-12-22)19-8-5-4-6-9-19/h4-6,8-9,16-18H,7,10-11,13-15H2,1-3H3,(H,23,26). The molecule has 1 atom stereocenters. The van der Waals surface area contributed by atoms with Gasteiger partial charge < -0.3 is 10.2 Å². The summed E-state index contributed by atoms with van der Waals surface area (Å²) >= 11 is 0. The molecule has 0 aromatic heterocycles. The Morgan fingerprint density at radius 1 is 1.22 bits per heavy atom. The molecule has 6 heteroatoms. The topological polar surface area (TPSA) is 76.4 Å². The van der Waals surface area contributed by atoms with E-state index in [9.17, 15) is 9.59 Å². The molecule has 1 unspecified atom stereocenters. The minimum absolute atomic E-state index is 0.00142. The molecule has 1 heterocycles. The number of nitrogens with zero attached hydrogens (tertiary/aromatic N) is 3. The lowest BCUT2D eigenvalue weighted by molar-refractivity contribution is -0.128. The molecule has 27 heavy (non-hydrogen) atoms. The lowest BCUT2D eigenvalue weighted by Gasteiger charge is -2.37. The van der Waals surface area contributed by atoms with E-state index in [4.69, 9.17) is 5.26 Å². The van der Waals surface area contributed by atoms with Crippen LogP contribution in [0.4, 0.5) is 5.69 Å². The van der Waals surface area contributed by atoms with Crippen molar-refractivity contribution in [2.75, 3.05) is 24.5 Å². The molecule has 6 nitrogen and oxygen atoms in total. The van der Waals surface area contributed by atoms with Crippen LogP contribution in [0.3, 0.4) is 0 Å². The fourth-order valence-electron chi connectivity index (χ4n) is 3.47. The van der Waals surface area contributed by atoms with Gasteiger partial charge in [0.05, 0.1) is 18.5 Å². The van der Waals surface area contributed by atoms with E-state index in [0.717, 1.165) is 31.6 Å². The average molecular weight is 370 g/mol. The molecule has 1 N–H and O–H groups in total. The van der Waals surface area contributed by atoms with Gasteiger partial charge in [-0.3, -0.25) is 14.5 Å².